The number of hydrogen-bond acceptors (Lipinski definition) is 2. The van der Waals surface area contributed by atoms with Gasteiger partial charge in [-0.3, -0.25) is 4.98 Å². The predicted octanol–water partition coefficient (Wildman–Crippen LogP) is 3.65. The third-order valence-electron chi connectivity index (χ3n) is 4.18. The minimum atomic E-state index is -0.330. The van der Waals surface area contributed by atoms with Crippen molar-refractivity contribution in [2.24, 2.45) is 5.73 Å². The zero-order chi connectivity index (χ0) is 14.1. The summed E-state index contributed by atoms with van der Waals surface area (Å²) in [7, 11) is 0. The van der Waals surface area contributed by atoms with Gasteiger partial charge in [-0.15, -0.1) is 0 Å². The van der Waals surface area contributed by atoms with Gasteiger partial charge in [0, 0.05) is 29.4 Å². The number of fused-ring (bicyclic) bond motifs is 1. The highest BCUT2D eigenvalue weighted by molar-refractivity contribution is 5.33. The SMILES string of the molecule is Cc1ccc(F)c(C(N)C2CCCc3cccnc32)c1. The Bertz CT molecular complexity index is 624. The first-order chi connectivity index (χ1) is 9.66. The van der Waals surface area contributed by atoms with E-state index in [2.05, 4.69) is 11.1 Å². The first-order valence-electron chi connectivity index (χ1n) is 7.12. The molecule has 1 aliphatic rings. The van der Waals surface area contributed by atoms with Gasteiger partial charge < -0.3 is 5.73 Å². The van der Waals surface area contributed by atoms with Crippen LogP contribution in [-0.4, -0.2) is 4.98 Å². The molecule has 1 aromatic carbocycles. The maximum Gasteiger partial charge on any atom is 0.128 e. The number of halogens is 1. The van der Waals surface area contributed by atoms with Crippen molar-refractivity contribution in [2.75, 3.05) is 0 Å². The molecular weight excluding hydrogens is 251 g/mol. The van der Waals surface area contributed by atoms with Crippen LogP contribution in [0.2, 0.25) is 0 Å². The summed E-state index contributed by atoms with van der Waals surface area (Å²) in [6.45, 7) is 1.96. The van der Waals surface area contributed by atoms with Crippen LogP contribution in [0.4, 0.5) is 4.39 Å². The summed E-state index contributed by atoms with van der Waals surface area (Å²) < 4.78 is 14.1. The van der Waals surface area contributed by atoms with Crippen molar-refractivity contribution in [2.45, 2.75) is 38.1 Å². The molecule has 2 aromatic rings. The third kappa shape index (κ3) is 2.34. The van der Waals surface area contributed by atoms with Crippen molar-refractivity contribution >= 4 is 0 Å². The minimum absolute atomic E-state index is 0.108. The minimum Gasteiger partial charge on any atom is -0.323 e. The Morgan fingerprint density at radius 3 is 3.05 bits per heavy atom. The topological polar surface area (TPSA) is 38.9 Å². The molecule has 0 aliphatic heterocycles. The van der Waals surface area contributed by atoms with E-state index in [1.54, 1.807) is 12.3 Å². The smallest absolute Gasteiger partial charge is 0.128 e. The molecule has 0 fully saturated rings. The summed E-state index contributed by atoms with van der Waals surface area (Å²) in [5.41, 5.74) is 10.3. The molecule has 1 aromatic heterocycles. The van der Waals surface area contributed by atoms with Crippen LogP contribution in [0.3, 0.4) is 0 Å². The molecule has 20 heavy (non-hydrogen) atoms. The molecule has 1 aliphatic carbocycles. The summed E-state index contributed by atoms with van der Waals surface area (Å²) >= 11 is 0. The Labute approximate surface area is 118 Å². The third-order valence-corrected chi connectivity index (χ3v) is 4.18. The van der Waals surface area contributed by atoms with Gasteiger partial charge in [-0.05, 0) is 43.9 Å². The normalized spacial score (nSPS) is 19.4. The van der Waals surface area contributed by atoms with E-state index in [-0.39, 0.29) is 17.8 Å². The highest BCUT2D eigenvalue weighted by Crippen LogP contribution is 2.38. The van der Waals surface area contributed by atoms with Gasteiger partial charge >= 0.3 is 0 Å². The molecule has 2 unspecified atom stereocenters. The Morgan fingerprint density at radius 1 is 1.35 bits per heavy atom. The number of rotatable bonds is 2. The van der Waals surface area contributed by atoms with Crippen LogP contribution in [0.5, 0.6) is 0 Å². The number of aryl methyl sites for hydroxylation is 2. The molecule has 0 bridgehead atoms. The first-order valence-corrected chi connectivity index (χ1v) is 7.12. The highest BCUT2D eigenvalue weighted by atomic mass is 19.1. The van der Waals surface area contributed by atoms with E-state index < -0.39 is 0 Å². The van der Waals surface area contributed by atoms with Crippen LogP contribution < -0.4 is 5.73 Å². The number of hydrogen-bond donors (Lipinski definition) is 1. The predicted molar refractivity (Wildman–Crippen MR) is 78.0 cm³/mol. The van der Waals surface area contributed by atoms with E-state index in [1.807, 2.05) is 19.1 Å². The fourth-order valence-corrected chi connectivity index (χ4v) is 3.13. The van der Waals surface area contributed by atoms with Gasteiger partial charge in [-0.1, -0.05) is 23.8 Å². The average Bonchev–Trinajstić information content (AvgIpc) is 2.48. The molecule has 0 radical (unpaired) electrons. The number of benzene rings is 1. The average molecular weight is 270 g/mol. The largest absolute Gasteiger partial charge is 0.323 e. The lowest BCUT2D eigenvalue weighted by Gasteiger charge is -2.29. The molecule has 1 heterocycles. The number of aromatic nitrogens is 1. The number of nitrogens with two attached hydrogens (primary N) is 1. The molecule has 0 saturated carbocycles. The molecule has 0 amide bonds. The van der Waals surface area contributed by atoms with Crippen molar-refractivity contribution in [3.63, 3.8) is 0 Å². The Balaban J connectivity index is 1.99. The van der Waals surface area contributed by atoms with Crippen LogP contribution in [0.25, 0.3) is 0 Å². The molecule has 3 rings (SSSR count). The van der Waals surface area contributed by atoms with E-state index >= 15 is 0 Å². The van der Waals surface area contributed by atoms with E-state index in [1.165, 1.54) is 11.6 Å². The van der Waals surface area contributed by atoms with Gasteiger partial charge in [0.25, 0.3) is 0 Å². The van der Waals surface area contributed by atoms with Crippen molar-refractivity contribution in [3.05, 3.63) is 64.7 Å². The monoisotopic (exact) mass is 270 g/mol. The molecule has 0 spiro atoms. The Hall–Kier alpha value is -1.74. The molecule has 2 nitrogen and oxygen atoms in total. The van der Waals surface area contributed by atoms with Crippen molar-refractivity contribution < 1.29 is 4.39 Å². The van der Waals surface area contributed by atoms with Gasteiger partial charge in [-0.2, -0.15) is 0 Å². The maximum atomic E-state index is 14.1. The Kier molecular flexibility index (Phi) is 3.53. The summed E-state index contributed by atoms with van der Waals surface area (Å²) in [4.78, 5) is 4.50. The molecular formula is C17H19FN2. The second-order valence-electron chi connectivity index (χ2n) is 5.60. The fourth-order valence-electron chi connectivity index (χ4n) is 3.13. The summed E-state index contributed by atoms with van der Waals surface area (Å²) in [6.07, 6.45) is 4.90. The van der Waals surface area contributed by atoms with Gasteiger partial charge in [0.05, 0.1) is 0 Å². The van der Waals surface area contributed by atoms with Crippen LogP contribution in [0.15, 0.2) is 36.5 Å². The van der Waals surface area contributed by atoms with Crippen molar-refractivity contribution in [3.8, 4) is 0 Å². The van der Waals surface area contributed by atoms with Crippen molar-refractivity contribution in [1.82, 2.24) is 4.98 Å². The molecule has 2 atom stereocenters. The second kappa shape index (κ2) is 5.33. The Morgan fingerprint density at radius 2 is 2.20 bits per heavy atom. The lowest BCUT2D eigenvalue weighted by Crippen LogP contribution is -2.25. The first kappa shape index (κ1) is 13.3. The van der Waals surface area contributed by atoms with Gasteiger partial charge in [-0.25, -0.2) is 4.39 Å². The zero-order valence-electron chi connectivity index (χ0n) is 11.6. The molecule has 0 saturated heterocycles. The van der Waals surface area contributed by atoms with E-state index in [9.17, 15) is 4.39 Å². The lowest BCUT2D eigenvalue weighted by molar-refractivity contribution is 0.448. The number of pyridine rings is 1. The molecule has 104 valence electrons. The highest BCUT2D eigenvalue weighted by Gasteiger charge is 2.29. The molecule has 2 N–H and O–H groups in total. The van der Waals surface area contributed by atoms with Crippen molar-refractivity contribution in [1.29, 1.82) is 0 Å². The maximum absolute atomic E-state index is 14.1. The van der Waals surface area contributed by atoms with Crippen LogP contribution in [0, 0.1) is 12.7 Å². The van der Waals surface area contributed by atoms with Gasteiger partial charge in [0.2, 0.25) is 0 Å². The standard InChI is InChI=1S/C17H19FN2/c1-11-7-8-15(18)14(10-11)16(19)13-6-2-4-12-5-3-9-20-17(12)13/h3,5,7-10,13,16H,2,4,6,19H2,1H3. The summed E-state index contributed by atoms with van der Waals surface area (Å²) in [6, 6.07) is 8.87. The van der Waals surface area contributed by atoms with E-state index in [0.29, 0.717) is 5.56 Å². The summed E-state index contributed by atoms with van der Waals surface area (Å²) in [5, 5.41) is 0. The van der Waals surface area contributed by atoms with Crippen LogP contribution >= 0.6 is 0 Å². The van der Waals surface area contributed by atoms with Crippen LogP contribution in [-0.2, 0) is 6.42 Å². The lowest BCUT2D eigenvalue weighted by atomic mass is 9.79. The zero-order valence-corrected chi connectivity index (χ0v) is 11.6. The van der Waals surface area contributed by atoms with Gasteiger partial charge in [0.15, 0.2) is 0 Å². The second-order valence-corrected chi connectivity index (χ2v) is 5.60. The van der Waals surface area contributed by atoms with Gasteiger partial charge in [0.1, 0.15) is 5.82 Å². The van der Waals surface area contributed by atoms with Crippen LogP contribution in [0.1, 0.15) is 47.2 Å². The molecule has 3 heteroatoms. The van der Waals surface area contributed by atoms with E-state index in [4.69, 9.17) is 5.73 Å². The van der Waals surface area contributed by atoms with E-state index in [0.717, 1.165) is 30.5 Å². The number of nitrogens with zero attached hydrogens (tertiary/aromatic N) is 1. The summed E-state index contributed by atoms with van der Waals surface area (Å²) in [5.74, 6) is -0.109. The quantitative estimate of drug-likeness (QED) is 0.904. The fraction of sp³-hybridized carbons (Fsp3) is 0.353.